The van der Waals surface area contributed by atoms with Crippen molar-refractivity contribution in [2.24, 2.45) is 0 Å². The summed E-state index contributed by atoms with van der Waals surface area (Å²) in [4.78, 5) is 8.44. The van der Waals surface area contributed by atoms with Gasteiger partial charge in [-0.05, 0) is 0 Å². The maximum absolute atomic E-state index is 8.44. The Balaban J connectivity index is -0.0000000450. The molecule has 0 fully saturated rings. The maximum atomic E-state index is 8.44. The minimum absolute atomic E-state index is 0. The number of carbonyl (C=O) groups is 1. The van der Waals surface area contributed by atoms with Crippen LogP contribution in [-0.2, 0) is 21.7 Å². The molecule has 0 spiro atoms. The summed E-state index contributed by atoms with van der Waals surface area (Å²) in [6, 6.07) is 0. The van der Waals surface area contributed by atoms with Crippen molar-refractivity contribution < 1.29 is 36.7 Å². The van der Waals surface area contributed by atoms with Crippen LogP contribution < -0.4 is 5.11 Å². The Morgan fingerprint density at radius 2 is 1.67 bits per heavy atom. The first-order chi connectivity index (χ1) is 1.73. The third-order valence-electron chi connectivity index (χ3n) is 0. The van der Waals surface area contributed by atoms with Crippen LogP contribution in [0, 0.1) is 0 Å². The summed E-state index contributed by atoms with van der Waals surface area (Å²) in [5.74, 6) is 0. The van der Waals surface area contributed by atoms with E-state index in [-0.39, 0.29) is 27.9 Å². The van der Waals surface area contributed by atoms with Crippen molar-refractivity contribution in [1.29, 1.82) is 0 Å². The number of rotatable bonds is 0. The molecule has 0 bridgehead atoms. The maximum Gasteiger partial charge on any atom is 4.00 e. The zero-order chi connectivity index (χ0) is 3.58. The molecule has 0 amide bonds. The Labute approximate surface area is 49.6 Å². The zero-order valence-corrected chi connectivity index (χ0v) is 4.27. The number of nitrogens with zero attached hydrogens (tertiary/aromatic N) is 1. The van der Waals surface area contributed by atoms with Crippen molar-refractivity contribution in [2.75, 3.05) is 0 Å². The SMILES string of the molecule is O=C([O-])O.[N-3].[Ti+4]. The molecule has 0 saturated carbocycles. The van der Waals surface area contributed by atoms with E-state index in [1.807, 2.05) is 0 Å². The molecule has 0 aromatic carbocycles. The molecule has 0 radical (unpaired) electrons. The van der Waals surface area contributed by atoms with Crippen molar-refractivity contribution in [1.82, 2.24) is 0 Å². The summed E-state index contributed by atoms with van der Waals surface area (Å²) in [6.45, 7) is 0. The largest absolute Gasteiger partial charge is 4.00 e. The van der Waals surface area contributed by atoms with Gasteiger partial charge in [0.2, 0.25) is 6.16 Å². The topological polar surface area (TPSA) is 90.9 Å². The fraction of sp³-hybridized carbons (Fsp3) is 0. The van der Waals surface area contributed by atoms with E-state index in [0.717, 1.165) is 0 Å². The van der Waals surface area contributed by atoms with Crippen LogP contribution in [0.25, 0.3) is 6.15 Å². The standard InChI is InChI=1S/CH2O3.N.Ti/c2-1(3)4;;/h(H2,2,3,4);;/q;-3;+4/p-1. The summed E-state index contributed by atoms with van der Waals surface area (Å²) in [5, 5.41) is 15.3. The Hall–Kier alpha value is -0.0557. The van der Waals surface area contributed by atoms with Crippen LogP contribution in [0.15, 0.2) is 0 Å². The average Bonchev–Trinajstić information content (AvgIpc) is 0.811. The summed E-state index contributed by atoms with van der Waals surface area (Å²) in [6.07, 6.45) is -2.08. The fourth-order valence-electron chi connectivity index (χ4n) is 0. The molecule has 0 unspecified atom stereocenters. The van der Waals surface area contributed by atoms with Crippen LogP contribution in [0.2, 0.25) is 0 Å². The molecule has 0 aliphatic rings. The van der Waals surface area contributed by atoms with Gasteiger partial charge in [0.25, 0.3) is 0 Å². The average molecular weight is 123 g/mol. The van der Waals surface area contributed by atoms with Crippen LogP contribution >= 0.6 is 0 Å². The Morgan fingerprint density at radius 1 is 1.67 bits per heavy atom. The molecule has 0 atom stereocenters. The van der Waals surface area contributed by atoms with E-state index in [4.69, 9.17) is 15.0 Å². The second-order valence-electron chi connectivity index (χ2n) is 0.266. The van der Waals surface area contributed by atoms with Crippen molar-refractivity contribution in [3.8, 4) is 0 Å². The Bertz CT molecular complexity index is 33.8. The second kappa shape index (κ2) is 8.87. The zero-order valence-electron chi connectivity index (χ0n) is 2.71. The molecule has 32 valence electrons. The predicted molar refractivity (Wildman–Crippen MR) is 11.4 cm³/mol. The second-order valence-corrected chi connectivity index (χ2v) is 0.266. The molecule has 0 rings (SSSR count). The molecule has 0 aromatic heterocycles. The van der Waals surface area contributed by atoms with Crippen LogP contribution in [0.3, 0.4) is 0 Å². The van der Waals surface area contributed by atoms with Gasteiger partial charge in [0.1, 0.15) is 0 Å². The molecule has 1 N–H and O–H groups in total. The number of carboxylic acid groups (broad SMARTS) is 2. The predicted octanol–water partition coefficient (Wildman–Crippen LogP) is -0.826. The van der Waals surface area contributed by atoms with Crippen molar-refractivity contribution >= 4 is 6.16 Å². The van der Waals surface area contributed by atoms with Crippen LogP contribution in [0.5, 0.6) is 0 Å². The van der Waals surface area contributed by atoms with Gasteiger partial charge in [0, 0.05) is 0 Å². The quantitative estimate of drug-likeness (QED) is 0.426. The summed E-state index contributed by atoms with van der Waals surface area (Å²) >= 11 is 0. The van der Waals surface area contributed by atoms with Crippen LogP contribution in [0.1, 0.15) is 0 Å². The van der Waals surface area contributed by atoms with Gasteiger partial charge in [0.15, 0.2) is 0 Å². The number of hydrogen-bond donors (Lipinski definition) is 1. The fourth-order valence-corrected chi connectivity index (χ4v) is 0. The van der Waals surface area contributed by atoms with E-state index < -0.39 is 6.16 Å². The smallest absolute Gasteiger partial charge is 3.00 e. The summed E-state index contributed by atoms with van der Waals surface area (Å²) in [5.41, 5.74) is 0. The van der Waals surface area contributed by atoms with Gasteiger partial charge in [-0.1, -0.05) is 0 Å². The monoisotopic (exact) mass is 123 g/mol. The van der Waals surface area contributed by atoms with Crippen LogP contribution in [0.4, 0.5) is 4.79 Å². The Kier molecular flexibility index (Phi) is 24.8. The molecule has 0 saturated heterocycles. The van der Waals surface area contributed by atoms with Gasteiger partial charge in [0.05, 0.1) is 0 Å². The molecule has 0 heterocycles. The normalized spacial score (nSPS) is 4.00. The van der Waals surface area contributed by atoms with E-state index in [1.54, 1.807) is 0 Å². The van der Waals surface area contributed by atoms with Crippen LogP contribution in [-0.4, -0.2) is 11.3 Å². The van der Waals surface area contributed by atoms with Gasteiger partial charge in [-0.2, -0.15) is 0 Å². The third-order valence-corrected chi connectivity index (χ3v) is 0. The molecule has 0 aliphatic carbocycles. The van der Waals surface area contributed by atoms with E-state index >= 15 is 0 Å². The molecular weight excluding hydrogens is 122 g/mol. The van der Waals surface area contributed by atoms with E-state index in [1.165, 1.54) is 0 Å². The van der Waals surface area contributed by atoms with Gasteiger partial charge in [-0.25, -0.2) is 0 Å². The molecule has 0 aliphatic heterocycles. The van der Waals surface area contributed by atoms with Crippen molar-refractivity contribution in [3.05, 3.63) is 6.15 Å². The number of hydrogen-bond acceptors (Lipinski definition) is 2. The molecule has 6 heavy (non-hydrogen) atoms. The summed E-state index contributed by atoms with van der Waals surface area (Å²) < 4.78 is 0. The molecule has 5 heteroatoms. The van der Waals surface area contributed by atoms with Gasteiger partial charge in [-0.15, -0.1) is 0 Å². The van der Waals surface area contributed by atoms with E-state index in [9.17, 15) is 0 Å². The van der Waals surface area contributed by atoms with Crippen molar-refractivity contribution in [2.45, 2.75) is 0 Å². The minimum Gasteiger partial charge on any atom is -3.00 e. The first kappa shape index (κ1) is 16.8. The molecule has 0 aromatic rings. The third kappa shape index (κ3) is 11000. The van der Waals surface area contributed by atoms with Gasteiger partial charge in [-0.3, -0.25) is 0 Å². The molecule has 4 nitrogen and oxygen atoms in total. The van der Waals surface area contributed by atoms with E-state index in [0.29, 0.717) is 0 Å². The van der Waals surface area contributed by atoms with Gasteiger partial charge >= 0.3 is 21.7 Å². The molecular formula is CHNO3Ti. The minimum atomic E-state index is -2.08. The first-order valence-electron chi connectivity index (χ1n) is 0.632. The summed E-state index contributed by atoms with van der Waals surface area (Å²) in [7, 11) is 0. The van der Waals surface area contributed by atoms with Gasteiger partial charge < -0.3 is 21.2 Å². The Morgan fingerprint density at radius 3 is 1.67 bits per heavy atom. The van der Waals surface area contributed by atoms with Crippen molar-refractivity contribution in [3.63, 3.8) is 0 Å². The first-order valence-corrected chi connectivity index (χ1v) is 0.632. The van der Waals surface area contributed by atoms with E-state index in [2.05, 4.69) is 0 Å².